The lowest BCUT2D eigenvalue weighted by atomic mass is 9.89. The number of ether oxygens (including phenoxy) is 1. The summed E-state index contributed by atoms with van der Waals surface area (Å²) >= 11 is 0. The van der Waals surface area contributed by atoms with E-state index in [1.54, 1.807) is 26.8 Å². The van der Waals surface area contributed by atoms with E-state index in [-0.39, 0.29) is 5.97 Å². The minimum absolute atomic E-state index is 0.341. The quantitative estimate of drug-likeness (QED) is 0.557. The van der Waals surface area contributed by atoms with Gasteiger partial charge in [0.25, 0.3) is 0 Å². The van der Waals surface area contributed by atoms with Crippen molar-refractivity contribution < 1.29 is 14.6 Å². The molecule has 0 saturated heterocycles. The molecular formula is C11H20O3. The zero-order chi connectivity index (χ0) is 11.4. The molecule has 2 atom stereocenters. The van der Waals surface area contributed by atoms with E-state index in [4.69, 9.17) is 4.74 Å². The Bertz CT molecular complexity index is 225. The Morgan fingerprint density at radius 2 is 2.07 bits per heavy atom. The van der Waals surface area contributed by atoms with Gasteiger partial charge in [0.2, 0.25) is 0 Å². The lowest BCUT2D eigenvalue weighted by Gasteiger charge is -2.25. The number of carbonyl (C=O) groups excluding carboxylic acids is 1. The van der Waals surface area contributed by atoms with Gasteiger partial charge in [0.1, 0.15) is 0 Å². The molecule has 0 aliphatic rings. The highest BCUT2D eigenvalue weighted by Gasteiger charge is 2.32. The minimum Gasteiger partial charge on any atom is -0.466 e. The topological polar surface area (TPSA) is 46.5 Å². The standard InChI is InChI=1S/C11H20O3/c1-6-14-10(12)9(4)11(5,13)7-8(2)3/h7,9,13H,6H2,1-5H3. The van der Waals surface area contributed by atoms with Crippen LogP contribution < -0.4 is 0 Å². The van der Waals surface area contributed by atoms with Gasteiger partial charge < -0.3 is 9.84 Å². The van der Waals surface area contributed by atoms with E-state index < -0.39 is 11.5 Å². The molecule has 0 aliphatic carbocycles. The maximum absolute atomic E-state index is 11.4. The minimum atomic E-state index is -1.13. The molecule has 0 amide bonds. The maximum atomic E-state index is 11.4. The van der Waals surface area contributed by atoms with E-state index in [1.807, 2.05) is 13.8 Å². The van der Waals surface area contributed by atoms with Crippen LogP contribution in [0.2, 0.25) is 0 Å². The molecule has 0 aromatic heterocycles. The first-order valence-electron chi connectivity index (χ1n) is 4.86. The highest BCUT2D eigenvalue weighted by molar-refractivity contribution is 5.73. The summed E-state index contributed by atoms with van der Waals surface area (Å²) in [7, 11) is 0. The summed E-state index contributed by atoms with van der Waals surface area (Å²) in [5, 5.41) is 9.97. The largest absolute Gasteiger partial charge is 0.466 e. The fourth-order valence-electron chi connectivity index (χ4n) is 1.22. The van der Waals surface area contributed by atoms with E-state index in [0.29, 0.717) is 6.61 Å². The average Bonchev–Trinajstić information content (AvgIpc) is 2.01. The Labute approximate surface area is 85.8 Å². The second-order valence-electron chi connectivity index (χ2n) is 3.92. The van der Waals surface area contributed by atoms with Crippen LogP contribution in [-0.4, -0.2) is 23.3 Å². The Morgan fingerprint density at radius 3 is 2.43 bits per heavy atom. The van der Waals surface area contributed by atoms with Gasteiger partial charge in [-0.05, 0) is 34.6 Å². The van der Waals surface area contributed by atoms with Crippen molar-refractivity contribution >= 4 is 5.97 Å². The Balaban J connectivity index is 4.57. The highest BCUT2D eigenvalue weighted by atomic mass is 16.5. The fraction of sp³-hybridized carbons (Fsp3) is 0.727. The van der Waals surface area contributed by atoms with Crippen LogP contribution in [0.25, 0.3) is 0 Å². The summed E-state index contributed by atoms with van der Waals surface area (Å²) in [4.78, 5) is 11.4. The number of aliphatic hydroxyl groups is 1. The Kier molecular flexibility index (Phi) is 4.85. The predicted octanol–water partition coefficient (Wildman–Crippen LogP) is 1.90. The fourth-order valence-corrected chi connectivity index (χ4v) is 1.22. The zero-order valence-corrected chi connectivity index (χ0v) is 9.63. The lowest BCUT2D eigenvalue weighted by molar-refractivity contribution is -0.153. The van der Waals surface area contributed by atoms with Gasteiger partial charge >= 0.3 is 5.97 Å². The third kappa shape index (κ3) is 3.92. The lowest BCUT2D eigenvalue weighted by Crippen LogP contribution is -2.37. The molecule has 14 heavy (non-hydrogen) atoms. The van der Waals surface area contributed by atoms with Crippen LogP contribution in [0.1, 0.15) is 34.6 Å². The van der Waals surface area contributed by atoms with Crippen molar-refractivity contribution in [2.24, 2.45) is 5.92 Å². The summed E-state index contributed by atoms with van der Waals surface area (Å²) in [6.45, 7) is 9.13. The van der Waals surface area contributed by atoms with Gasteiger partial charge in [0.05, 0.1) is 18.1 Å². The molecule has 0 saturated carbocycles. The van der Waals surface area contributed by atoms with Gasteiger partial charge in [0, 0.05) is 0 Å². The van der Waals surface area contributed by atoms with E-state index in [1.165, 1.54) is 0 Å². The second-order valence-corrected chi connectivity index (χ2v) is 3.92. The molecule has 1 N–H and O–H groups in total. The molecule has 3 heteroatoms. The number of allylic oxidation sites excluding steroid dienone is 1. The number of hydrogen-bond donors (Lipinski definition) is 1. The smallest absolute Gasteiger partial charge is 0.311 e. The molecule has 0 heterocycles. The molecule has 0 aromatic rings. The Hall–Kier alpha value is -0.830. The van der Waals surface area contributed by atoms with Crippen LogP contribution in [0.3, 0.4) is 0 Å². The van der Waals surface area contributed by atoms with E-state index >= 15 is 0 Å². The molecule has 3 nitrogen and oxygen atoms in total. The first-order valence-corrected chi connectivity index (χ1v) is 4.86. The third-order valence-corrected chi connectivity index (χ3v) is 2.10. The van der Waals surface area contributed by atoms with E-state index in [2.05, 4.69) is 0 Å². The van der Waals surface area contributed by atoms with Gasteiger partial charge in [-0.15, -0.1) is 0 Å². The average molecular weight is 200 g/mol. The van der Waals surface area contributed by atoms with Gasteiger partial charge in [-0.2, -0.15) is 0 Å². The molecule has 82 valence electrons. The highest BCUT2D eigenvalue weighted by Crippen LogP contribution is 2.21. The summed E-state index contributed by atoms with van der Waals surface area (Å²) in [6, 6.07) is 0. The molecule has 0 spiro atoms. The second kappa shape index (κ2) is 5.15. The van der Waals surface area contributed by atoms with Gasteiger partial charge in [-0.1, -0.05) is 11.6 Å². The number of carbonyl (C=O) groups is 1. The van der Waals surface area contributed by atoms with Gasteiger partial charge in [0.15, 0.2) is 0 Å². The molecule has 0 radical (unpaired) electrons. The molecular weight excluding hydrogens is 180 g/mol. The first kappa shape index (κ1) is 13.2. The molecule has 0 fully saturated rings. The number of rotatable bonds is 4. The van der Waals surface area contributed by atoms with Crippen LogP contribution in [0.4, 0.5) is 0 Å². The first-order chi connectivity index (χ1) is 6.31. The monoisotopic (exact) mass is 200 g/mol. The van der Waals surface area contributed by atoms with Crippen LogP contribution in [0, 0.1) is 5.92 Å². The third-order valence-electron chi connectivity index (χ3n) is 2.10. The number of esters is 1. The van der Waals surface area contributed by atoms with Crippen LogP contribution in [0.5, 0.6) is 0 Å². The van der Waals surface area contributed by atoms with Crippen molar-refractivity contribution in [3.63, 3.8) is 0 Å². The van der Waals surface area contributed by atoms with Crippen molar-refractivity contribution in [2.45, 2.75) is 40.2 Å². The van der Waals surface area contributed by atoms with Crippen molar-refractivity contribution in [1.29, 1.82) is 0 Å². The van der Waals surface area contributed by atoms with Gasteiger partial charge in [-0.25, -0.2) is 0 Å². The van der Waals surface area contributed by atoms with Crippen LogP contribution in [-0.2, 0) is 9.53 Å². The van der Waals surface area contributed by atoms with E-state index in [9.17, 15) is 9.90 Å². The predicted molar refractivity (Wildman–Crippen MR) is 55.9 cm³/mol. The van der Waals surface area contributed by atoms with Crippen molar-refractivity contribution in [1.82, 2.24) is 0 Å². The molecule has 0 bridgehead atoms. The SMILES string of the molecule is CCOC(=O)C(C)C(C)(O)C=C(C)C. The molecule has 0 aromatic carbocycles. The normalized spacial score (nSPS) is 16.7. The molecule has 2 unspecified atom stereocenters. The number of hydrogen-bond acceptors (Lipinski definition) is 3. The van der Waals surface area contributed by atoms with E-state index in [0.717, 1.165) is 5.57 Å². The zero-order valence-electron chi connectivity index (χ0n) is 9.63. The summed E-state index contributed by atoms with van der Waals surface area (Å²) in [5.41, 5.74) is -0.156. The molecule has 0 aliphatic heterocycles. The van der Waals surface area contributed by atoms with Gasteiger partial charge in [-0.3, -0.25) is 4.79 Å². The van der Waals surface area contributed by atoms with Crippen LogP contribution in [0.15, 0.2) is 11.6 Å². The summed E-state index contributed by atoms with van der Waals surface area (Å²) in [6.07, 6.45) is 1.68. The van der Waals surface area contributed by atoms with Crippen molar-refractivity contribution in [3.8, 4) is 0 Å². The van der Waals surface area contributed by atoms with Crippen LogP contribution >= 0.6 is 0 Å². The van der Waals surface area contributed by atoms with Crippen molar-refractivity contribution in [2.75, 3.05) is 6.61 Å². The summed E-state index contributed by atoms with van der Waals surface area (Å²) < 4.78 is 4.84. The Morgan fingerprint density at radius 1 is 1.57 bits per heavy atom. The summed E-state index contributed by atoms with van der Waals surface area (Å²) in [5.74, 6) is -0.910. The maximum Gasteiger partial charge on any atom is 0.311 e. The van der Waals surface area contributed by atoms with Crippen molar-refractivity contribution in [3.05, 3.63) is 11.6 Å². The molecule has 0 rings (SSSR count).